The zero-order chi connectivity index (χ0) is 18.8. The number of allylic oxidation sites excluding steroid dienone is 4. The quantitative estimate of drug-likeness (QED) is 0.634. The molecular weight excluding hydrogens is 280 g/mol. The molecule has 0 unspecified atom stereocenters. The lowest BCUT2D eigenvalue weighted by Crippen LogP contribution is -2.08. The van der Waals surface area contributed by atoms with Gasteiger partial charge in [0.05, 0.1) is 0 Å². The van der Waals surface area contributed by atoms with Crippen molar-refractivity contribution in [1.82, 2.24) is 0 Å². The van der Waals surface area contributed by atoms with E-state index in [1.165, 1.54) is 11.3 Å². The summed E-state index contributed by atoms with van der Waals surface area (Å²) >= 11 is 0. The Labute approximate surface area is 145 Å². The van der Waals surface area contributed by atoms with Gasteiger partial charge >= 0.3 is 0 Å². The van der Waals surface area contributed by atoms with Crippen molar-refractivity contribution < 1.29 is 0 Å². The van der Waals surface area contributed by atoms with Gasteiger partial charge in [-0.05, 0) is 43.7 Å². The summed E-state index contributed by atoms with van der Waals surface area (Å²) in [4.78, 5) is 2.08. The van der Waals surface area contributed by atoms with Crippen LogP contribution in [0.1, 0.15) is 41.5 Å². The minimum atomic E-state index is 1.10. The van der Waals surface area contributed by atoms with Gasteiger partial charge in [-0.3, -0.25) is 0 Å². The number of anilines is 2. The Morgan fingerprint density at radius 1 is 1.00 bits per heavy atom. The highest BCUT2D eigenvalue weighted by Gasteiger charge is 1.92. The third-order valence-electron chi connectivity index (χ3n) is 2.71. The van der Waals surface area contributed by atoms with Crippen LogP contribution in [0.4, 0.5) is 11.4 Å². The molecule has 0 amide bonds. The second kappa shape index (κ2) is 18.1. The van der Waals surface area contributed by atoms with Crippen LogP contribution in [0.15, 0.2) is 60.7 Å². The molecule has 0 aromatic heterocycles. The second-order valence-electron chi connectivity index (χ2n) is 4.56. The summed E-state index contributed by atoms with van der Waals surface area (Å²) in [6, 6.07) is 8.31. The van der Waals surface area contributed by atoms with E-state index >= 15 is 0 Å². The molecule has 1 aromatic carbocycles. The lowest BCUT2D eigenvalue weighted by atomic mass is 10.1. The van der Waals surface area contributed by atoms with Crippen molar-refractivity contribution in [2.75, 3.05) is 31.4 Å². The number of nitrogens with zero attached hydrogens (tertiary/aromatic N) is 1. The van der Waals surface area contributed by atoms with E-state index in [9.17, 15) is 0 Å². The van der Waals surface area contributed by atoms with E-state index in [0.29, 0.717) is 0 Å². The van der Waals surface area contributed by atoms with Crippen LogP contribution >= 0.6 is 0 Å². The Balaban J connectivity index is -0.000000296. The van der Waals surface area contributed by atoms with Crippen LogP contribution in [-0.2, 0) is 0 Å². The average Bonchev–Trinajstić information content (AvgIpc) is 2.59. The fraction of sp³-hybridized carbons (Fsp3) is 0.429. The molecule has 2 heteroatoms. The van der Waals surface area contributed by atoms with Crippen molar-refractivity contribution in [1.29, 1.82) is 0 Å². The van der Waals surface area contributed by atoms with E-state index < -0.39 is 0 Å². The molecule has 0 aliphatic carbocycles. The molecule has 1 N–H and O–H groups in total. The Kier molecular flexibility index (Phi) is 20.4. The first kappa shape index (κ1) is 26.0. The van der Waals surface area contributed by atoms with Crippen LogP contribution < -0.4 is 10.2 Å². The largest absolute Gasteiger partial charge is 0.388 e. The molecule has 132 valence electrons. The highest BCUT2D eigenvalue weighted by atomic mass is 15.1. The van der Waals surface area contributed by atoms with Gasteiger partial charge in [0, 0.05) is 32.5 Å². The van der Waals surface area contributed by atoms with Crippen molar-refractivity contribution in [3.63, 3.8) is 0 Å². The standard InChI is InChI=1S/C9H14N2.C8H12.2C2H6/c1-10-8-4-6-9(7-5-8)11(2)3;1-5-6-8(4)7(2)3;2*1-2/h4-7,10H,1-3H3;5-6H,1-2H2,3-4H3;2*1-2H3/b;8-6+;;. The van der Waals surface area contributed by atoms with Crippen LogP contribution in [0.25, 0.3) is 0 Å². The summed E-state index contributed by atoms with van der Waals surface area (Å²) < 4.78 is 0. The first-order valence-corrected chi connectivity index (χ1v) is 8.32. The van der Waals surface area contributed by atoms with E-state index in [1.807, 2.05) is 68.8 Å². The summed E-state index contributed by atoms with van der Waals surface area (Å²) in [6.07, 6.45) is 3.71. The smallest absolute Gasteiger partial charge is 0.0362 e. The fourth-order valence-electron chi connectivity index (χ4n) is 1.25. The van der Waals surface area contributed by atoms with Gasteiger partial charge in [0.1, 0.15) is 0 Å². The summed E-state index contributed by atoms with van der Waals surface area (Å²) in [5.74, 6) is 0. The molecule has 0 atom stereocenters. The topological polar surface area (TPSA) is 15.3 Å². The van der Waals surface area contributed by atoms with Crippen LogP contribution in [0.3, 0.4) is 0 Å². The van der Waals surface area contributed by atoms with Gasteiger partial charge < -0.3 is 10.2 Å². The van der Waals surface area contributed by atoms with Crippen LogP contribution in [0.5, 0.6) is 0 Å². The summed E-state index contributed by atoms with van der Waals surface area (Å²) in [7, 11) is 5.99. The third-order valence-corrected chi connectivity index (χ3v) is 2.71. The summed E-state index contributed by atoms with van der Waals surface area (Å²) in [6.45, 7) is 19.3. The first-order chi connectivity index (χ1) is 10.9. The maximum Gasteiger partial charge on any atom is 0.0362 e. The fourth-order valence-corrected chi connectivity index (χ4v) is 1.25. The highest BCUT2D eigenvalue weighted by Crippen LogP contribution is 2.14. The molecule has 0 radical (unpaired) electrons. The lowest BCUT2D eigenvalue weighted by Gasteiger charge is -2.12. The van der Waals surface area contributed by atoms with Gasteiger partial charge in [-0.15, -0.1) is 0 Å². The molecule has 1 aromatic rings. The SMILES string of the molecule is C=C/C=C(\C)C(=C)C.CC.CC.CNc1ccc(N(C)C)cc1. The van der Waals surface area contributed by atoms with Crippen molar-refractivity contribution in [2.24, 2.45) is 0 Å². The first-order valence-electron chi connectivity index (χ1n) is 8.32. The van der Waals surface area contributed by atoms with Crippen LogP contribution in [0.2, 0.25) is 0 Å². The molecular formula is C21H38N2. The summed E-state index contributed by atoms with van der Waals surface area (Å²) in [5, 5.41) is 3.07. The number of hydrogen-bond donors (Lipinski definition) is 1. The molecule has 0 spiro atoms. The molecule has 23 heavy (non-hydrogen) atoms. The Morgan fingerprint density at radius 2 is 1.43 bits per heavy atom. The lowest BCUT2D eigenvalue weighted by molar-refractivity contribution is 1.13. The van der Waals surface area contributed by atoms with Crippen LogP contribution in [-0.4, -0.2) is 21.1 Å². The van der Waals surface area contributed by atoms with Gasteiger partial charge in [-0.1, -0.05) is 58.6 Å². The number of benzene rings is 1. The molecule has 0 aliphatic heterocycles. The molecule has 0 saturated carbocycles. The maximum atomic E-state index is 3.76. The molecule has 1 rings (SSSR count). The molecule has 0 aliphatic rings. The van der Waals surface area contributed by atoms with Crippen molar-refractivity contribution in [3.05, 3.63) is 60.7 Å². The van der Waals surface area contributed by atoms with E-state index in [0.717, 1.165) is 11.3 Å². The number of hydrogen-bond acceptors (Lipinski definition) is 2. The Morgan fingerprint density at radius 3 is 1.65 bits per heavy atom. The Hall–Kier alpha value is -1.96. The van der Waals surface area contributed by atoms with Crippen molar-refractivity contribution in [2.45, 2.75) is 41.5 Å². The van der Waals surface area contributed by atoms with E-state index in [4.69, 9.17) is 0 Å². The average molecular weight is 319 g/mol. The van der Waals surface area contributed by atoms with Crippen molar-refractivity contribution >= 4 is 11.4 Å². The van der Waals surface area contributed by atoms with Crippen LogP contribution in [0, 0.1) is 0 Å². The zero-order valence-electron chi connectivity index (χ0n) is 16.8. The minimum absolute atomic E-state index is 1.10. The second-order valence-corrected chi connectivity index (χ2v) is 4.56. The van der Waals surface area contributed by atoms with Gasteiger partial charge in [-0.25, -0.2) is 0 Å². The van der Waals surface area contributed by atoms with Gasteiger partial charge in [0.15, 0.2) is 0 Å². The van der Waals surface area contributed by atoms with E-state index in [1.54, 1.807) is 6.08 Å². The van der Waals surface area contributed by atoms with Gasteiger partial charge in [0.2, 0.25) is 0 Å². The van der Waals surface area contributed by atoms with Crippen molar-refractivity contribution in [3.8, 4) is 0 Å². The Bertz CT molecular complexity index is 426. The van der Waals surface area contributed by atoms with Gasteiger partial charge in [0.25, 0.3) is 0 Å². The predicted octanol–water partition coefficient (Wildman–Crippen LogP) is 6.54. The highest BCUT2D eigenvalue weighted by molar-refractivity contribution is 5.53. The monoisotopic (exact) mass is 318 g/mol. The molecule has 0 fully saturated rings. The third kappa shape index (κ3) is 14.7. The van der Waals surface area contributed by atoms with E-state index in [-0.39, 0.29) is 0 Å². The summed E-state index contributed by atoms with van der Waals surface area (Å²) in [5.41, 5.74) is 4.67. The minimum Gasteiger partial charge on any atom is -0.388 e. The normalized spacial score (nSPS) is 8.83. The molecule has 2 nitrogen and oxygen atoms in total. The number of rotatable bonds is 4. The number of nitrogens with one attached hydrogen (secondary N) is 1. The van der Waals surface area contributed by atoms with Gasteiger partial charge in [-0.2, -0.15) is 0 Å². The predicted molar refractivity (Wildman–Crippen MR) is 112 cm³/mol. The molecule has 0 saturated heterocycles. The molecule has 0 heterocycles. The zero-order valence-corrected chi connectivity index (χ0v) is 16.8. The molecule has 0 bridgehead atoms. The maximum absolute atomic E-state index is 3.76. The van der Waals surface area contributed by atoms with E-state index in [2.05, 4.69) is 47.6 Å².